The van der Waals surface area contributed by atoms with Gasteiger partial charge in [-0.25, -0.2) is 8.42 Å². The van der Waals surface area contributed by atoms with Gasteiger partial charge in [-0.2, -0.15) is 4.57 Å². The van der Waals surface area contributed by atoms with E-state index in [4.69, 9.17) is 31.7 Å². The van der Waals surface area contributed by atoms with Gasteiger partial charge in [0.05, 0.1) is 18.1 Å². The molecule has 3 heterocycles. The van der Waals surface area contributed by atoms with E-state index in [1.54, 1.807) is 13.2 Å². The second kappa shape index (κ2) is 7.07. The number of methoxy groups -OCH3 is 1. The van der Waals surface area contributed by atoms with Crippen molar-refractivity contribution in [2.45, 2.75) is 13.0 Å². The fourth-order valence-electron chi connectivity index (χ4n) is 3.60. The Kier molecular flexibility index (Phi) is 4.69. The number of fused-ring (bicyclic) bond motifs is 6. The molecule has 152 valence electrons. The van der Waals surface area contributed by atoms with Crippen LogP contribution in [0.4, 0.5) is 0 Å². The number of aryl methyl sites for hydroxylation is 2. The molecule has 0 aliphatic carbocycles. The van der Waals surface area contributed by atoms with Crippen LogP contribution in [0.5, 0.6) is 23.0 Å². The maximum Gasteiger partial charge on any atom is 0.231 e. The molecule has 0 unspecified atom stereocenters. The molecule has 2 N–H and O–H groups in total. The van der Waals surface area contributed by atoms with Crippen molar-refractivity contribution in [2.24, 2.45) is 0 Å². The first-order valence-electron chi connectivity index (χ1n) is 8.59. The van der Waals surface area contributed by atoms with Gasteiger partial charge in [0.1, 0.15) is 0 Å². The van der Waals surface area contributed by atoms with Gasteiger partial charge in [-0.15, -0.1) is 0 Å². The number of hydrogen-bond donors (Lipinski definition) is 2. The smallest absolute Gasteiger partial charge is 0.231 e. The van der Waals surface area contributed by atoms with Gasteiger partial charge in [0, 0.05) is 12.5 Å². The number of hydrogen-bond acceptors (Lipinski definition) is 7. The fourth-order valence-corrected chi connectivity index (χ4v) is 3.60. The SMILES string of the molecule is COc1cc2c(cc1O)-c1cc3ccc4c(c3c[n+]1CC2)OCO4.O=S(=O)([O-])O. The number of rotatable bonds is 1. The highest BCUT2D eigenvalue weighted by Crippen LogP contribution is 2.41. The minimum Gasteiger partial charge on any atom is -0.726 e. The molecule has 0 bridgehead atoms. The van der Waals surface area contributed by atoms with Gasteiger partial charge < -0.3 is 23.9 Å². The average molecular weight is 419 g/mol. The van der Waals surface area contributed by atoms with Crippen molar-refractivity contribution in [1.29, 1.82) is 0 Å². The zero-order chi connectivity index (χ0) is 20.8. The molecule has 0 amide bonds. The number of aromatic hydroxyl groups is 1. The zero-order valence-corrected chi connectivity index (χ0v) is 16.1. The molecule has 10 heteroatoms. The summed E-state index contributed by atoms with van der Waals surface area (Å²) in [4.78, 5) is 0. The Morgan fingerprint density at radius 3 is 2.69 bits per heavy atom. The third-order valence-electron chi connectivity index (χ3n) is 4.80. The summed E-state index contributed by atoms with van der Waals surface area (Å²) >= 11 is 0. The van der Waals surface area contributed by atoms with Crippen LogP contribution in [-0.2, 0) is 23.4 Å². The van der Waals surface area contributed by atoms with E-state index in [1.165, 1.54) is 5.56 Å². The lowest BCUT2D eigenvalue weighted by molar-refractivity contribution is -0.686. The van der Waals surface area contributed by atoms with Crippen LogP contribution < -0.4 is 18.8 Å². The van der Waals surface area contributed by atoms with Gasteiger partial charge in [-0.1, -0.05) is 0 Å². The molecule has 2 aliphatic rings. The first-order chi connectivity index (χ1) is 13.7. The van der Waals surface area contributed by atoms with Crippen molar-refractivity contribution >= 4 is 21.2 Å². The standard InChI is InChI=1S/C19H15NO4.H2O4S/c1-22-18-7-12-4-5-20-9-14-11(2-3-17-19(14)24-10-23-17)6-15(20)13(12)8-16(18)21;1-5(2,3)4/h2-3,6-9H,4-5,10H2,1H3;(H2,1,2,3,4). The summed E-state index contributed by atoms with van der Waals surface area (Å²) in [6, 6.07) is 9.84. The van der Waals surface area contributed by atoms with Crippen LogP contribution in [0.2, 0.25) is 0 Å². The molecule has 0 saturated heterocycles. The minimum atomic E-state index is -4.92. The Morgan fingerprint density at radius 2 is 1.97 bits per heavy atom. The van der Waals surface area contributed by atoms with E-state index in [0.29, 0.717) is 5.75 Å². The average Bonchev–Trinajstić information content (AvgIpc) is 3.14. The quantitative estimate of drug-likeness (QED) is 0.347. The second-order valence-electron chi connectivity index (χ2n) is 6.51. The Balaban J connectivity index is 0.000000369. The molecule has 0 fully saturated rings. The van der Waals surface area contributed by atoms with Crippen molar-refractivity contribution < 1.29 is 41.4 Å². The Hall–Kier alpha value is -3.08. The van der Waals surface area contributed by atoms with Gasteiger partial charge in [0.15, 0.2) is 35.7 Å². The van der Waals surface area contributed by atoms with Crippen LogP contribution in [0.3, 0.4) is 0 Å². The van der Waals surface area contributed by atoms with Gasteiger partial charge in [0.25, 0.3) is 0 Å². The number of phenols is 1. The number of ether oxygens (including phenoxy) is 3. The van der Waals surface area contributed by atoms with Gasteiger partial charge >= 0.3 is 0 Å². The highest BCUT2D eigenvalue weighted by atomic mass is 32.3. The maximum absolute atomic E-state index is 10.2. The molecule has 2 aliphatic heterocycles. The summed E-state index contributed by atoms with van der Waals surface area (Å²) in [5.74, 6) is 2.29. The zero-order valence-electron chi connectivity index (χ0n) is 15.3. The van der Waals surface area contributed by atoms with Crippen molar-refractivity contribution in [2.75, 3.05) is 13.9 Å². The van der Waals surface area contributed by atoms with Crippen LogP contribution in [0.25, 0.3) is 22.0 Å². The summed E-state index contributed by atoms with van der Waals surface area (Å²) in [5, 5.41) is 12.3. The van der Waals surface area contributed by atoms with Crippen molar-refractivity contribution in [3.05, 3.63) is 42.1 Å². The Bertz CT molecular complexity index is 1210. The summed E-state index contributed by atoms with van der Waals surface area (Å²) < 4.78 is 51.4. The van der Waals surface area contributed by atoms with E-state index in [-0.39, 0.29) is 12.5 Å². The molecular weight excluding hydrogens is 402 g/mol. The predicted molar refractivity (Wildman–Crippen MR) is 99.9 cm³/mol. The largest absolute Gasteiger partial charge is 0.726 e. The van der Waals surface area contributed by atoms with Crippen molar-refractivity contribution in [1.82, 2.24) is 0 Å². The number of phenolic OH excluding ortho intramolecular Hbond substituents is 1. The number of nitrogens with zero attached hydrogens (tertiary/aromatic N) is 1. The monoisotopic (exact) mass is 419 g/mol. The van der Waals surface area contributed by atoms with Crippen LogP contribution in [-0.4, -0.2) is 36.5 Å². The maximum atomic E-state index is 10.2. The van der Waals surface area contributed by atoms with Gasteiger partial charge in [-0.05, 0) is 35.2 Å². The molecule has 1 aromatic heterocycles. The van der Waals surface area contributed by atoms with Gasteiger partial charge in [0.2, 0.25) is 22.9 Å². The molecule has 0 spiro atoms. The molecule has 29 heavy (non-hydrogen) atoms. The predicted octanol–water partition coefficient (Wildman–Crippen LogP) is 1.80. The lowest BCUT2D eigenvalue weighted by atomic mass is 9.95. The first kappa shape index (κ1) is 19.2. The second-order valence-corrected chi connectivity index (χ2v) is 7.37. The molecule has 0 radical (unpaired) electrons. The van der Waals surface area contributed by atoms with E-state index < -0.39 is 10.4 Å². The molecular formula is C19H17NO8S. The van der Waals surface area contributed by atoms with Crippen molar-refractivity contribution in [3.63, 3.8) is 0 Å². The number of aromatic nitrogens is 1. The van der Waals surface area contributed by atoms with Gasteiger partial charge in [-0.3, -0.25) is 4.55 Å². The van der Waals surface area contributed by atoms with E-state index >= 15 is 0 Å². The summed E-state index contributed by atoms with van der Waals surface area (Å²) in [5.41, 5.74) is 3.31. The highest BCUT2D eigenvalue weighted by molar-refractivity contribution is 7.79. The summed E-state index contributed by atoms with van der Waals surface area (Å²) in [7, 11) is -3.34. The first-order valence-corrected chi connectivity index (χ1v) is 9.95. The highest BCUT2D eigenvalue weighted by Gasteiger charge is 2.27. The Labute approximate surface area is 166 Å². The molecule has 0 saturated carbocycles. The van der Waals surface area contributed by atoms with Crippen LogP contribution in [0.15, 0.2) is 36.5 Å². The fraction of sp³-hybridized carbons (Fsp3) is 0.211. The third-order valence-corrected chi connectivity index (χ3v) is 4.80. The topological polar surface area (TPSA) is 129 Å². The lowest BCUT2D eigenvalue weighted by Gasteiger charge is -2.17. The molecule has 5 rings (SSSR count). The minimum absolute atomic E-state index is 0.162. The number of benzene rings is 2. The lowest BCUT2D eigenvalue weighted by Crippen LogP contribution is -2.40. The van der Waals surface area contributed by atoms with Crippen LogP contribution in [0.1, 0.15) is 5.56 Å². The molecule has 2 aromatic carbocycles. The Morgan fingerprint density at radius 1 is 1.21 bits per heavy atom. The number of pyridine rings is 1. The van der Waals surface area contributed by atoms with Crippen LogP contribution >= 0.6 is 0 Å². The molecule has 0 atom stereocenters. The van der Waals surface area contributed by atoms with E-state index in [2.05, 4.69) is 16.8 Å². The molecule has 3 aromatic rings. The molecule has 9 nitrogen and oxygen atoms in total. The summed E-state index contributed by atoms with van der Waals surface area (Å²) in [6.45, 7) is 1.14. The van der Waals surface area contributed by atoms with E-state index in [9.17, 15) is 5.11 Å². The van der Waals surface area contributed by atoms with Crippen molar-refractivity contribution in [3.8, 4) is 34.3 Å². The normalized spacial score (nSPS) is 13.9. The third kappa shape index (κ3) is 3.77. The van der Waals surface area contributed by atoms with E-state index in [0.717, 1.165) is 46.5 Å². The van der Waals surface area contributed by atoms with Crippen LogP contribution in [0, 0.1) is 0 Å². The summed E-state index contributed by atoms with van der Waals surface area (Å²) in [6.07, 6.45) is 3.00. The van der Waals surface area contributed by atoms with E-state index in [1.807, 2.05) is 18.2 Å².